The van der Waals surface area contributed by atoms with Crippen molar-refractivity contribution in [2.24, 2.45) is 0 Å². The fourth-order valence-corrected chi connectivity index (χ4v) is 2.08. The van der Waals surface area contributed by atoms with E-state index in [1.165, 1.54) is 0 Å². The second-order valence-electron chi connectivity index (χ2n) is 4.94. The summed E-state index contributed by atoms with van der Waals surface area (Å²) in [5.41, 5.74) is 2.69. The molecule has 0 spiro atoms. The van der Waals surface area contributed by atoms with Crippen molar-refractivity contribution in [2.45, 2.75) is 33.6 Å². The Morgan fingerprint density at radius 3 is 2.70 bits per heavy atom. The lowest BCUT2D eigenvalue weighted by Gasteiger charge is -2.22. The summed E-state index contributed by atoms with van der Waals surface area (Å²) in [4.78, 5) is 14.4. The molecule has 4 nitrogen and oxygen atoms in total. The molecule has 1 aromatic carbocycles. The Labute approximate surface area is 121 Å². The monoisotopic (exact) mass is 278 g/mol. The van der Waals surface area contributed by atoms with Crippen molar-refractivity contribution in [3.63, 3.8) is 0 Å². The summed E-state index contributed by atoms with van der Waals surface area (Å²) in [7, 11) is 0. The highest BCUT2D eigenvalue weighted by atomic mass is 16.3. The number of rotatable bonds is 8. The fraction of sp³-hybridized carbons (Fsp3) is 0.562. The van der Waals surface area contributed by atoms with E-state index in [0.29, 0.717) is 19.5 Å². The van der Waals surface area contributed by atoms with Crippen LogP contribution < -0.4 is 5.32 Å². The van der Waals surface area contributed by atoms with Crippen LogP contribution in [-0.4, -0.2) is 42.2 Å². The first-order chi connectivity index (χ1) is 9.63. The standard InChI is InChI=1S/C16H26N2O2/c1-4-9-17-15-8-7-13(3)12-14(15)16(20)18(5-2)10-6-11-19/h7-8,12,17,19H,4-6,9-11H2,1-3H3. The van der Waals surface area contributed by atoms with Crippen LogP contribution in [0.5, 0.6) is 0 Å². The molecule has 0 saturated heterocycles. The highest BCUT2D eigenvalue weighted by Gasteiger charge is 2.17. The van der Waals surface area contributed by atoms with E-state index >= 15 is 0 Å². The van der Waals surface area contributed by atoms with E-state index in [4.69, 9.17) is 5.11 Å². The fourth-order valence-electron chi connectivity index (χ4n) is 2.08. The molecular formula is C16H26N2O2. The molecule has 0 unspecified atom stereocenters. The largest absolute Gasteiger partial charge is 0.396 e. The maximum atomic E-state index is 12.6. The molecule has 0 aliphatic rings. The Morgan fingerprint density at radius 2 is 2.10 bits per heavy atom. The molecule has 0 heterocycles. The molecule has 0 aromatic heterocycles. The van der Waals surface area contributed by atoms with E-state index in [0.717, 1.165) is 29.8 Å². The minimum atomic E-state index is 0.0308. The van der Waals surface area contributed by atoms with E-state index in [2.05, 4.69) is 12.2 Å². The van der Waals surface area contributed by atoms with Crippen molar-refractivity contribution in [1.82, 2.24) is 4.90 Å². The summed E-state index contributed by atoms with van der Waals surface area (Å²) in [6, 6.07) is 5.92. The number of aryl methyl sites for hydroxylation is 1. The molecule has 0 aliphatic carbocycles. The average molecular weight is 278 g/mol. The topological polar surface area (TPSA) is 52.6 Å². The summed E-state index contributed by atoms with van der Waals surface area (Å²) < 4.78 is 0. The van der Waals surface area contributed by atoms with Crippen LogP contribution in [0.15, 0.2) is 18.2 Å². The molecule has 1 aromatic rings. The molecule has 4 heteroatoms. The predicted octanol–water partition coefficient (Wildman–Crippen LogP) is 2.66. The Bertz CT molecular complexity index is 432. The summed E-state index contributed by atoms with van der Waals surface area (Å²) in [5.74, 6) is 0.0308. The number of benzene rings is 1. The van der Waals surface area contributed by atoms with Gasteiger partial charge in [-0.2, -0.15) is 0 Å². The van der Waals surface area contributed by atoms with Gasteiger partial charge in [-0.1, -0.05) is 18.6 Å². The summed E-state index contributed by atoms with van der Waals surface area (Å²) in [6.07, 6.45) is 1.63. The van der Waals surface area contributed by atoms with E-state index < -0.39 is 0 Å². The smallest absolute Gasteiger partial charge is 0.255 e. The number of carbonyl (C=O) groups is 1. The Balaban J connectivity index is 2.96. The highest BCUT2D eigenvalue weighted by Crippen LogP contribution is 2.19. The maximum Gasteiger partial charge on any atom is 0.255 e. The molecule has 2 N–H and O–H groups in total. The third-order valence-electron chi connectivity index (χ3n) is 3.23. The molecule has 0 saturated carbocycles. The third kappa shape index (κ3) is 4.53. The summed E-state index contributed by atoms with van der Waals surface area (Å²) >= 11 is 0. The molecule has 0 bridgehead atoms. The van der Waals surface area contributed by atoms with Gasteiger partial charge in [0.25, 0.3) is 5.91 Å². The summed E-state index contributed by atoms with van der Waals surface area (Å²) in [5, 5.41) is 12.2. The van der Waals surface area contributed by atoms with E-state index in [-0.39, 0.29) is 12.5 Å². The average Bonchev–Trinajstić information content (AvgIpc) is 2.46. The van der Waals surface area contributed by atoms with Crippen molar-refractivity contribution < 1.29 is 9.90 Å². The molecule has 0 fully saturated rings. The minimum absolute atomic E-state index is 0.0308. The van der Waals surface area contributed by atoms with Crippen LogP contribution in [0, 0.1) is 6.92 Å². The number of carbonyl (C=O) groups excluding carboxylic acids is 1. The number of aliphatic hydroxyl groups excluding tert-OH is 1. The lowest BCUT2D eigenvalue weighted by atomic mass is 10.1. The Morgan fingerprint density at radius 1 is 1.35 bits per heavy atom. The van der Waals surface area contributed by atoms with E-state index in [1.54, 1.807) is 4.90 Å². The van der Waals surface area contributed by atoms with Gasteiger partial charge < -0.3 is 15.3 Å². The van der Waals surface area contributed by atoms with Crippen molar-refractivity contribution >= 4 is 11.6 Å². The molecular weight excluding hydrogens is 252 g/mol. The second-order valence-corrected chi connectivity index (χ2v) is 4.94. The zero-order chi connectivity index (χ0) is 15.0. The minimum Gasteiger partial charge on any atom is -0.396 e. The van der Waals surface area contributed by atoms with Gasteiger partial charge in [0.05, 0.1) is 5.56 Å². The maximum absolute atomic E-state index is 12.6. The zero-order valence-electron chi connectivity index (χ0n) is 12.8. The first-order valence-electron chi connectivity index (χ1n) is 7.38. The highest BCUT2D eigenvalue weighted by molar-refractivity contribution is 5.99. The first-order valence-corrected chi connectivity index (χ1v) is 7.38. The van der Waals surface area contributed by atoms with Crippen LogP contribution in [0.4, 0.5) is 5.69 Å². The van der Waals surface area contributed by atoms with Crippen molar-refractivity contribution in [2.75, 3.05) is 31.6 Å². The van der Waals surface area contributed by atoms with E-state index in [1.807, 2.05) is 32.0 Å². The van der Waals surface area contributed by atoms with Crippen LogP contribution in [-0.2, 0) is 0 Å². The quantitative estimate of drug-likeness (QED) is 0.768. The zero-order valence-corrected chi connectivity index (χ0v) is 12.8. The molecule has 0 radical (unpaired) electrons. The van der Waals surface area contributed by atoms with Gasteiger partial charge in [-0.3, -0.25) is 4.79 Å². The number of nitrogens with zero attached hydrogens (tertiary/aromatic N) is 1. The number of aliphatic hydroxyl groups is 1. The van der Waals surface area contributed by atoms with Crippen LogP contribution >= 0.6 is 0 Å². The second kappa shape index (κ2) is 8.59. The number of hydrogen-bond donors (Lipinski definition) is 2. The van der Waals surface area contributed by atoms with Crippen LogP contribution in [0.1, 0.15) is 42.6 Å². The molecule has 112 valence electrons. The summed E-state index contributed by atoms with van der Waals surface area (Å²) in [6.45, 7) is 8.26. The molecule has 0 atom stereocenters. The normalized spacial score (nSPS) is 10.4. The van der Waals surface area contributed by atoms with Crippen LogP contribution in [0.25, 0.3) is 0 Å². The Kier molecular flexibility index (Phi) is 7.09. The van der Waals surface area contributed by atoms with Gasteiger partial charge in [0, 0.05) is 31.9 Å². The SMILES string of the molecule is CCCNc1ccc(C)cc1C(=O)N(CC)CCCO. The molecule has 1 amide bonds. The van der Waals surface area contributed by atoms with E-state index in [9.17, 15) is 4.79 Å². The van der Waals surface area contributed by atoms with Crippen molar-refractivity contribution in [3.05, 3.63) is 29.3 Å². The predicted molar refractivity (Wildman–Crippen MR) is 83.2 cm³/mol. The van der Waals surface area contributed by atoms with Gasteiger partial charge in [0.2, 0.25) is 0 Å². The van der Waals surface area contributed by atoms with Gasteiger partial charge in [0.15, 0.2) is 0 Å². The number of amides is 1. The van der Waals surface area contributed by atoms with Crippen LogP contribution in [0.3, 0.4) is 0 Å². The number of anilines is 1. The molecule has 1 rings (SSSR count). The van der Waals surface area contributed by atoms with Gasteiger partial charge in [-0.25, -0.2) is 0 Å². The number of nitrogens with one attached hydrogen (secondary N) is 1. The van der Waals surface area contributed by atoms with Crippen LogP contribution in [0.2, 0.25) is 0 Å². The van der Waals surface area contributed by atoms with Gasteiger partial charge in [-0.15, -0.1) is 0 Å². The third-order valence-corrected chi connectivity index (χ3v) is 3.23. The van der Waals surface area contributed by atoms with Gasteiger partial charge >= 0.3 is 0 Å². The van der Waals surface area contributed by atoms with Crippen molar-refractivity contribution in [3.8, 4) is 0 Å². The molecule has 0 aliphatic heterocycles. The lowest BCUT2D eigenvalue weighted by Crippen LogP contribution is -2.32. The number of hydrogen-bond acceptors (Lipinski definition) is 3. The molecule has 20 heavy (non-hydrogen) atoms. The Hall–Kier alpha value is -1.55. The van der Waals surface area contributed by atoms with Gasteiger partial charge in [0.1, 0.15) is 0 Å². The van der Waals surface area contributed by atoms with Gasteiger partial charge in [-0.05, 0) is 38.8 Å². The lowest BCUT2D eigenvalue weighted by molar-refractivity contribution is 0.0755. The van der Waals surface area contributed by atoms with Crippen molar-refractivity contribution in [1.29, 1.82) is 0 Å². The first kappa shape index (κ1) is 16.5.